The normalized spacial score (nSPS) is 10.4. The Balaban J connectivity index is 3.05. The third-order valence-electron chi connectivity index (χ3n) is 2.63. The minimum Gasteiger partial charge on any atom is -0.508 e. The minimum atomic E-state index is -1.05. The van der Waals surface area contributed by atoms with Crippen molar-refractivity contribution in [3.8, 4) is 5.75 Å². The van der Waals surface area contributed by atoms with Crippen LogP contribution in [0.1, 0.15) is 29.8 Å². The van der Waals surface area contributed by atoms with E-state index in [1.54, 1.807) is 20.8 Å². The molecule has 0 fully saturated rings. The molecule has 0 aliphatic heterocycles. The van der Waals surface area contributed by atoms with Gasteiger partial charge in [-0.25, -0.2) is 0 Å². The maximum absolute atomic E-state index is 12.2. The number of aromatic hydroxyl groups is 1. The Morgan fingerprint density at radius 3 is 2.39 bits per heavy atom. The van der Waals surface area contributed by atoms with Crippen LogP contribution in [0, 0.1) is 6.92 Å². The summed E-state index contributed by atoms with van der Waals surface area (Å²) in [5.74, 6) is -1.31. The number of carbonyl (C=O) groups excluding carboxylic acids is 1. The van der Waals surface area contributed by atoms with Crippen LogP contribution in [0.5, 0.6) is 5.75 Å². The van der Waals surface area contributed by atoms with Crippen LogP contribution in [-0.4, -0.2) is 39.6 Å². The van der Waals surface area contributed by atoms with Gasteiger partial charge in [0.1, 0.15) is 12.3 Å². The van der Waals surface area contributed by atoms with Crippen molar-refractivity contribution in [1.82, 2.24) is 4.90 Å². The lowest BCUT2D eigenvalue weighted by atomic mass is 10.1. The predicted octanol–water partition coefficient (Wildman–Crippen LogP) is 1.64. The molecule has 0 bridgehead atoms. The molecule has 1 amide bonds. The molecule has 5 nitrogen and oxygen atoms in total. The Hall–Kier alpha value is -2.04. The third-order valence-corrected chi connectivity index (χ3v) is 2.63. The molecule has 1 aromatic rings. The van der Waals surface area contributed by atoms with Crippen molar-refractivity contribution in [1.29, 1.82) is 0 Å². The summed E-state index contributed by atoms with van der Waals surface area (Å²) in [7, 11) is 0. The Morgan fingerprint density at radius 2 is 1.94 bits per heavy atom. The zero-order valence-electron chi connectivity index (χ0n) is 10.7. The quantitative estimate of drug-likeness (QED) is 0.852. The number of aliphatic carboxylic acids is 1. The van der Waals surface area contributed by atoms with Crippen LogP contribution in [0.4, 0.5) is 0 Å². The monoisotopic (exact) mass is 251 g/mol. The molecule has 0 aromatic heterocycles. The van der Waals surface area contributed by atoms with Gasteiger partial charge in [-0.1, -0.05) is 0 Å². The van der Waals surface area contributed by atoms with E-state index in [1.807, 2.05) is 0 Å². The molecule has 0 radical (unpaired) electrons. The standard InChI is InChI=1S/C13H17NO4/c1-8(2)14(7-12(16)17)13(18)11-5-4-10(15)6-9(11)3/h4-6,8,15H,7H2,1-3H3,(H,16,17). The van der Waals surface area contributed by atoms with Gasteiger partial charge in [0.15, 0.2) is 0 Å². The van der Waals surface area contributed by atoms with Gasteiger partial charge < -0.3 is 15.1 Å². The first kappa shape index (κ1) is 14.0. The zero-order chi connectivity index (χ0) is 13.9. The highest BCUT2D eigenvalue weighted by Crippen LogP contribution is 2.18. The number of aryl methyl sites for hydroxylation is 1. The van der Waals surface area contributed by atoms with Crippen molar-refractivity contribution < 1.29 is 19.8 Å². The molecule has 0 atom stereocenters. The number of phenols is 1. The lowest BCUT2D eigenvalue weighted by Gasteiger charge is -2.25. The Morgan fingerprint density at radius 1 is 1.33 bits per heavy atom. The maximum atomic E-state index is 12.2. The summed E-state index contributed by atoms with van der Waals surface area (Å²) in [5, 5.41) is 18.1. The Labute approximate surface area is 106 Å². The second-order valence-electron chi connectivity index (χ2n) is 4.42. The van der Waals surface area contributed by atoms with Crippen LogP contribution in [-0.2, 0) is 4.79 Å². The highest BCUT2D eigenvalue weighted by molar-refractivity contribution is 5.97. The summed E-state index contributed by atoms with van der Waals surface area (Å²) in [6.45, 7) is 4.89. The van der Waals surface area contributed by atoms with Gasteiger partial charge >= 0.3 is 5.97 Å². The van der Waals surface area contributed by atoms with Crippen LogP contribution in [0.25, 0.3) is 0 Å². The maximum Gasteiger partial charge on any atom is 0.323 e. The number of rotatable bonds is 4. The van der Waals surface area contributed by atoms with Gasteiger partial charge in [-0.15, -0.1) is 0 Å². The van der Waals surface area contributed by atoms with E-state index in [4.69, 9.17) is 5.11 Å². The summed E-state index contributed by atoms with van der Waals surface area (Å²) < 4.78 is 0. The van der Waals surface area contributed by atoms with Gasteiger partial charge in [0.25, 0.3) is 5.91 Å². The van der Waals surface area contributed by atoms with E-state index < -0.39 is 5.97 Å². The third kappa shape index (κ3) is 3.23. The molecule has 0 aliphatic carbocycles. The van der Waals surface area contributed by atoms with Crippen molar-refractivity contribution >= 4 is 11.9 Å². The highest BCUT2D eigenvalue weighted by atomic mass is 16.4. The summed E-state index contributed by atoms with van der Waals surface area (Å²) in [6, 6.07) is 4.19. The summed E-state index contributed by atoms with van der Waals surface area (Å²) in [6.07, 6.45) is 0. The van der Waals surface area contributed by atoms with E-state index in [1.165, 1.54) is 23.1 Å². The molecule has 1 rings (SSSR count). The largest absolute Gasteiger partial charge is 0.508 e. The van der Waals surface area contributed by atoms with Gasteiger partial charge in [0.05, 0.1) is 0 Å². The molecule has 0 spiro atoms. The van der Waals surface area contributed by atoms with Crippen LogP contribution < -0.4 is 0 Å². The highest BCUT2D eigenvalue weighted by Gasteiger charge is 2.22. The van der Waals surface area contributed by atoms with E-state index in [9.17, 15) is 14.7 Å². The van der Waals surface area contributed by atoms with Gasteiger partial charge in [0.2, 0.25) is 0 Å². The molecule has 1 aromatic carbocycles. The van der Waals surface area contributed by atoms with Crippen LogP contribution in [0.3, 0.4) is 0 Å². The van der Waals surface area contributed by atoms with Crippen LogP contribution in [0.2, 0.25) is 0 Å². The van der Waals surface area contributed by atoms with Crippen molar-refractivity contribution in [2.75, 3.05) is 6.54 Å². The van der Waals surface area contributed by atoms with E-state index in [0.717, 1.165) is 0 Å². The average molecular weight is 251 g/mol. The van der Waals surface area contributed by atoms with Crippen LogP contribution in [0.15, 0.2) is 18.2 Å². The van der Waals surface area contributed by atoms with Gasteiger partial charge in [-0.2, -0.15) is 0 Å². The van der Waals surface area contributed by atoms with Crippen molar-refractivity contribution in [3.05, 3.63) is 29.3 Å². The number of hydrogen-bond donors (Lipinski definition) is 2. The number of carboxylic acids is 1. The molecule has 0 unspecified atom stereocenters. The smallest absolute Gasteiger partial charge is 0.323 e. The summed E-state index contributed by atoms with van der Waals surface area (Å²) >= 11 is 0. The second-order valence-corrected chi connectivity index (χ2v) is 4.42. The SMILES string of the molecule is Cc1cc(O)ccc1C(=O)N(CC(=O)O)C(C)C. The fourth-order valence-corrected chi connectivity index (χ4v) is 1.68. The first-order valence-electron chi connectivity index (χ1n) is 5.65. The Kier molecular flexibility index (Phi) is 4.31. The minimum absolute atomic E-state index is 0.0818. The second kappa shape index (κ2) is 5.53. The lowest BCUT2D eigenvalue weighted by molar-refractivity contribution is -0.138. The summed E-state index contributed by atoms with van der Waals surface area (Å²) in [4.78, 5) is 24.3. The topological polar surface area (TPSA) is 77.8 Å². The van der Waals surface area contributed by atoms with Crippen molar-refractivity contribution in [2.24, 2.45) is 0 Å². The number of carboxylic acid groups (broad SMARTS) is 1. The molecular formula is C13H17NO4. The molecule has 5 heteroatoms. The molecular weight excluding hydrogens is 234 g/mol. The molecule has 2 N–H and O–H groups in total. The molecule has 0 aliphatic rings. The molecule has 98 valence electrons. The molecule has 18 heavy (non-hydrogen) atoms. The van der Waals surface area contributed by atoms with E-state index in [2.05, 4.69) is 0 Å². The van der Waals surface area contributed by atoms with E-state index in [0.29, 0.717) is 11.1 Å². The zero-order valence-corrected chi connectivity index (χ0v) is 10.7. The summed E-state index contributed by atoms with van der Waals surface area (Å²) in [5.41, 5.74) is 1.03. The predicted molar refractivity (Wildman–Crippen MR) is 66.7 cm³/mol. The number of nitrogens with zero attached hydrogens (tertiary/aromatic N) is 1. The molecule has 0 saturated heterocycles. The number of amides is 1. The van der Waals surface area contributed by atoms with Crippen LogP contribution >= 0.6 is 0 Å². The fraction of sp³-hybridized carbons (Fsp3) is 0.385. The van der Waals surface area contributed by atoms with Crippen molar-refractivity contribution in [3.63, 3.8) is 0 Å². The van der Waals surface area contributed by atoms with E-state index in [-0.39, 0.29) is 24.2 Å². The fourth-order valence-electron chi connectivity index (χ4n) is 1.68. The Bertz CT molecular complexity index is 468. The number of hydrogen-bond acceptors (Lipinski definition) is 3. The first-order valence-corrected chi connectivity index (χ1v) is 5.65. The van der Waals surface area contributed by atoms with Gasteiger partial charge in [-0.05, 0) is 44.5 Å². The van der Waals surface area contributed by atoms with E-state index >= 15 is 0 Å². The first-order chi connectivity index (χ1) is 8.32. The lowest BCUT2D eigenvalue weighted by Crippen LogP contribution is -2.40. The number of phenolic OH excluding ortho intramolecular Hbond substituents is 1. The van der Waals surface area contributed by atoms with Crippen molar-refractivity contribution in [2.45, 2.75) is 26.8 Å². The van der Waals surface area contributed by atoms with Gasteiger partial charge in [0, 0.05) is 11.6 Å². The molecule has 0 saturated carbocycles. The number of carbonyl (C=O) groups is 2. The molecule has 0 heterocycles. The average Bonchev–Trinajstić information content (AvgIpc) is 2.24. The number of benzene rings is 1. The van der Waals surface area contributed by atoms with Gasteiger partial charge in [-0.3, -0.25) is 9.59 Å².